The van der Waals surface area contributed by atoms with Crippen molar-refractivity contribution in [1.82, 2.24) is 16.0 Å². The molecule has 0 aliphatic heterocycles. The lowest BCUT2D eigenvalue weighted by Gasteiger charge is -2.17. The summed E-state index contributed by atoms with van der Waals surface area (Å²) in [6.07, 6.45) is 0.569. The SMILES string of the molecule is C=CCOC(=O)NC[C@H](NC(=O)c1ccc(C(=O)NCc2cccc(O)c2)cc1Cl)C(=O)OC. The van der Waals surface area contributed by atoms with Crippen LogP contribution in [0.2, 0.25) is 5.02 Å². The largest absolute Gasteiger partial charge is 0.508 e. The van der Waals surface area contributed by atoms with Crippen molar-refractivity contribution in [3.8, 4) is 5.75 Å². The zero-order chi connectivity index (χ0) is 25.1. The number of hydrogen-bond acceptors (Lipinski definition) is 7. The molecule has 0 radical (unpaired) electrons. The van der Waals surface area contributed by atoms with Crippen molar-refractivity contribution >= 4 is 35.5 Å². The predicted octanol–water partition coefficient (Wildman–Crippen LogP) is 2.16. The molecule has 0 aliphatic rings. The van der Waals surface area contributed by atoms with Gasteiger partial charge in [0.2, 0.25) is 0 Å². The molecule has 0 saturated heterocycles. The predicted molar refractivity (Wildman–Crippen MR) is 124 cm³/mol. The first kappa shape index (κ1) is 26.2. The Kier molecular flexibility index (Phi) is 9.90. The lowest BCUT2D eigenvalue weighted by atomic mass is 10.1. The van der Waals surface area contributed by atoms with Crippen LogP contribution >= 0.6 is 11.6 Å². The molecule has 0 fully saturated rings. The van der Waals surface area contributed by atoms with Gasteiger partial charge in [0.1, 0.15) is 18.4 Å². The second kappa shape index (κ2) is 12.9. The molecule has 34 heavy (non-hydrogen) atoms. The van der Waals surface area contributed by atoms with Gasteiger partial charge in [0.05, 0.1) is 24.2 Å². The second-order valence-corrected chi connectivity index (χ2v) is 7.27. The first-order chi connectivity index (χ1) is 16.2. The van der Waals surface area contributed by atoms with Gasteiger partial charge >= 0.3 is 12.1 Å². The monoisotopic (exact) mass is 489 g/mol. The first-order valence-corrected chi connectivity index (χ1v) is 10.4. The molecule has 0 aromatic heterocycles. The zero-order valence-electron chi connectivity index (χ0n) is 18.3. The van der Waals surface area contributed by atoms with Gasteiger partial charge in [0.25, 0.3) is 11.8 Å². The van der Waals surface area contributed by atoms with Crippen LogP contribution in [0.1, 0.15) is 26.3 Å². The highest BCUT2D eigenvalue weighted by atomic mass is 35.5. The molecule has 0 heterocycles. The average molecular weight is 490 g/mol. The lowest BCUT2D eigenvalue weighted by molar-refractivity contribution is -0.142. The van der Waals surface area contributed by atoms with Crippen LogP contribution in [0, 0.1) is 0 Å². The first-order valence-electron chi connectivity index (χ1n) is 10.0. The maximum absolute atomic E-state index is 12.7. The molecule has 2 aromatic rings. The molecule has 3 amide bonds. The van der Waals surface area contributed by atoms with E-state index in [1.807, 2.05) is 0 Å². The highest BCUT2D eigenvalue weighted by molar-refractivity contribution is 6.34. The van der Waals surface area contributed by atoms with Crippen LogP contribution in [0.25, 0.3) is 0 Å². The van der Waals surface area contributed by atoms with Crippen molar-refractivity contribution < 1.29 is 33.8 Å². The van der Waals surface area contributed by atoms with E-state index in [1.54, 1.807) is 12.1 Å². The number of amides is 3. The van der Waals surface area contributed by atoms with Crippen LogP contribution in [0.3, 0.4) is 0 Å². The van der Waals surface area contributed by atoms with Crippen LogP contribution < -0.4 is 16.0 Å². The highest BCUT2D eigenvalue weighted by Crippen LogP contribution is 2.19. The van der Waals surface area contributed by atoms with Crippen molar-refractivity contribution in [1.29, 1.82) is 0 Å². The van der Waals surface area contributed by atoms with Gasteiger partial charge in [0.15, 0.2) is 0 Å². The summed E-state index contributed by atoms with van der Waals surface area (Å²) in [5.74, 6) is -1.86. The Morgan fingerprint density at radius 3 is 2.53 bits per heavy atom. The van der Waals surface area contributed by atoms with Crippen molar-refractivity contribution in [2.24, 2.45) is 0 Å². The number of carbonyl (C=O) groups is 4. The summed E-state index contributed by atoms with van der Waals surface area (Å²) in [5.41, 5.74) is 0.915. The summed E-state index contributed by atoms with van der Waals surface area (Å²) in [6.45, 7) is 3.28. The number of alkyl carbamates (subject to hydrolysis) is 1. The van der Waals surface area contributed by atoms with Gasteiger partial charge < -0.3 is 30.5 Å². The smallest absolute Gasteiger partial charge is 0.407 e. The van der Waals surface area contributed by atoms with Crippen molar-refractivity contribution in [2.75, 3.05) is 20.3 Å². The molecule has 1 atom stereocenters. The van der Waals surface area contributed by atoms with Crippen molar-refractivity contribution in [3.05, 3.63) is 76.8 Å². The summed E-state index contributed by atoms with van der Waals surface area (Å²) >= 11 is 6.20. The molecular formula is C23H24ClN3O7. The van der Waals surface area contributed by atoms with Crippen LogP contribution in [-0.2, 0) is 20.8 Å². The van der Waals surface area contributed by atoms with E-state index in [0.29, 0.717) is 5.56 Å². The molecule has 11 heteroatoms. The third-order valence-corrected chi connectivity index (χ3v) is 4.73. The minimum Gasteiger partial charge on any atom is -0.508 e. The Morgan fingerprint density at radius 1 is 1.12 bits per heavy atom. The van der Waals surface area contributed by atoms with Crippen LogP contribution in [-0.4, -0.2) is 55.3 Å². The topological polar surface area (TPSA) is 143 Å². The van der Waals surface area contributed by atoms with Gasteiger partial charge in [-0.1, -0.05) is 36.4 Å². The average Bonchev–Trinajstić information content (AvgIpc) is 2.82. The minimum atomic E-state index is -1.21. The molecule has 0 saturated carbocycles. The zero-order valence-corrected chi connectivity index (χ0v) is 19.1. The maximum atomic E-state index is 12.7. The Morgan fingerprint density at radius 2 is 1.88 bits per heavy atom. The molecule has 0 aliphatic carbocycles. The van der Waals surface area contributed by atoms with E-state index in [2.05, 4.69) is 27.3 Å². The van der Waals surface area contributed by atoms with E-state index in [9.17, 15) is 24.3 Å². The molecule has 4 N–H and O–H groups in total. The summed E-state index contributed by atoms with van der Waals surface area (Å²) in [4.78, 5) is 48.6. The Hall–Kier alpha value is -4.05. The molecule has 2 aromatic carbocycles. The standard InChI is InChI=1S/C23H24ClN3O7/c1-3-9-34-23(32)26-13-19(22(31)33-2)27-21(30)17-8-7-15(11-18(17)24)20(29)25-12-14-5-4-6-16(28)10-14/h3-8,10-11,19,28H,1,9,12-13H2,2H3,(H,25,29)(H,26,32)(H,27,30)/t19-/m0/s1. The van der Waals surface area contributed by atoms with E-state index >= 15 is 0 Å². The van der Waals surface area contributed by atoms with E-state index in [1.165, 1.54) is 36.4 Å². The number of halogens is 1. The van der Waals surface area contributed by atoms with Gasteiger partial charge in [0, 0.05) is 12.1 Å². The van der Waals surface area contributed by atoms with Gasteiger partial charge in [-0.15, -0.1) is 0 Å². The summed E-state index contributed by atoms with van der Waals surface area (Å²) < 4.78 is 9.40. The fraction of sp³-hybridized carbons (Fsp3) is 0.217. The number of phenols is 1. The Labute approximate surface area is 200 Å². The minimum absolute atomic E-state index is 0.00864. The van der Waals surface area contributed by atoms with E-state index < -0.39 is 29.9 Å². The number of rotatable bonds is 10. The summed E-state index contributed by atoms with van der Waals surface area (Å²) in [7, 11) is 1.13. The molecule has 0 bridgehead atoms. The van der Waals surface area contributed by atoms with E-state index in [0.717, 1.165) is 7.11 Å². The summed E-state index contributed by atoms with van der Waals surface area (Å²) in [6, 6.07) is 9.27. The number of nitrogens with one attached hydrogen (secondary N) is 3. The number of aromatic hydroxyl groups is 1. The van der Waals surface area contributed by atoms with Gasteiger partial charge in [-0.25, -0.2) is 9.59 Å². The van der Waals surface area contributed by atoms with Crippen LogP contribution in [0.5, 0.6) is 5.75 Å². The third kappa shape index (κ3) is 7.82. The Balaban J connectivity index is 2.02. The Bertz CT molecular complexity index is 1070. The van der Waals surface area contributed by atoms with Gasteiger partial charge in [-0.3, -0.25) is 9.59 Å². The molecular weight excluding hydrogens is 466 g/mol. The van der Waals surface area contributed by atoms with Crippen molar-refractivity contribution in [3.63, 3.8) is 0 Å². The number of hydrogen-bond donors (Lipinski definition) is 4. The number of benzene rings is 2. The normalized spacial score (nSPS) is 11.0. The summed E-state index contributed by atoms with van der Waals surface area (Å²) in [5, 5.41) is 16.9. The fourth-order valence-electron chi connectivity index (χ4n) is 2.73. The maximum Gasteiger partial charge on any atom is 0.407 e. The molecule has 2 rings (SSSR count). The number of esters is 1. The van der Waals surface area contributed by atoms with E-state index in [-0.39, 0.29) is 41.6 Å². The number of carbonyl (C=O) groups excluding carboxylic acids is 4. The number of ether oxygens (including phenoxy) is 2. The number of phenolic OH excluding ortho intramolecular Hbond substituents is 1. The van der Waals surface area contributed by atoms with Gasteiger partial charge in [-0.2, -0.15) is 0 Å². The quantitative estimate of drug-likeness (QED) is 0.296. The van der Waals surface area contributed by atoms with Gasteiger partial charge in [-0.05, 0) is 35.9 Å². The fourth-order valence-corrected chi connectivity index (χ4v) is 3.00. The molecule has 0 spiro atoms. The van der Waals surface area contributed by atoms with E-state index in [4.69, 9.17) is 16.3 Å². The van der Waals surface area contributed by atoms with Crippen LogP contribution in [0.15, 0.2) is 55.1 Å². The molecule has 10 nitrogen and oxygen atoms in total. The highest BCUT2D eigenvalue weighted by Gasteiger charge is 2.24. The third-order valence-electron chi connectivity index (χ3n) is 4.41. The second-order valence-electron chi connectivity index (χ2n) is 6.86. The molecule has 180 valence electrons. The van der Waals surface area contributed by atoms with Crippen LogP contribution in [0.4, 0.5) is 4.79 Å². The van der Waals surface area contributed by atoms with Crippen molar-refractivity contribution in [2.45, 2.75) is 12.6 Å². The molecule has 0 unspecified atom stereocenters. The number of methoxy groups -OCH3 is 1. The lowest BCUT2D eigenvalue weighted by Crippen LogP contribution is -2.49.